The Balaban J connectivity index is 1.55. The van der Waals surface area contributed by atoms with Crippen molar-refractivity contribution < 1.29 is 13.6 Å². The second-order valence-electron chi connectivity index (χ2n) is 8.78. The van der Waals surface area contributed by atoms with Crippen LogP contribution in [0.5, 0.6) is 0 Å². The molecule has 4 aromatic rings. The fraction of sp³-hybridized carbons (Fsp3) is 0.280. The summed E-state index contributed by atoms with van der Waals surface area (Å²) in [5, 5.41) is 12.4. The van der Waals surface area contributed by atoms with Crippen LogP contribution >= 0.6 is 0 Å². The standard InChI is InChI=1S/C25H24F2N6O2/c1-15(2)32-14-16-19(29-32)8-9-20(23(16)31-12-3-4-13-31)28-25(35)21-10-11-22(34)33(30-21)24-17(26)6-5-7-18(24)27/h5-11,14-15H,3-4,12-13H2,1-2H3,(H,28,35). The minimum absolute atomic E-state index is 0.155. The van der Waals surface area contributed by atoms with Crippen molar-refractivity contribution in [2.24, 2.45) is 0 Å². The van der Waals surface area contributed by atoms with E-state index in [1.807, 2.05) is 30.8 Å². The lowest BCUT2D eigenvalue weighted by Gasteiger charge is -2.22. The molecule has 0 saturated carbocycles. The number of anilines is 2. The van der Waals surface area contributed by atoms with Crippen LogP contribution in [0.2, 0.25) is 0 Å². The molecule has 1 fully saturated rings. The second-order valence-corrected chi connectivity index (χ2v) is 8.78. The summed E-state index contributed by atoms with van der Waals surface area (Å²) >= 11 is 0. The smallest absolute Gasteiger partial charge is 0.276 e. The third-order valence-corrected chi connectivity index (χ3v) is 6.06. The Bertz CT molecular complexity index is 1470. The van der Waals surface area contributed by atoms with Crippen LogP contribution in [0.3, 0.4) is 0 Å². The highest BCUT2D eigenvalue weighted by Crippen LogP contribution is 2.37. The minimum Gasteiger partial charge on any atom is -0.369 e. The van der Waals surface area contributed by atoms with Gasteiger partial charge in [-0.2, -0.15) is 14.9 Å². The zero-order valence-electron chi connectivity index (χ0n) is 19.3. The number of aromatic nitrogens is 4. The number of nitrogens with zero attached hydrogens (tertiary/aromatic N) is 5. The molecule has 180 valence electrons. The number of fused-ring (bicyclic) bond motifs is 1. The van der Waals surface area contributed by atoms with E-state index < -0.39 is 28.8 Å². The maximum Gasteiger partial charge on any atom is 0.276 e. The van der Waals surface area contributed by atoms with E-state index in [9.17, 15) is 18.4 Å². The molecule has 2 aromatic carbocycles. The molecule has 0 radical (unpaired) electrons. The number of halogens is 2. The molecular formula is C25H24F2N6O2. The van der Waals surface area contributed by atoms with Gasteiger partial charge in [0.25, 0.3) is 11.5 Å². The van der Waals surface area contributed by atoms with E-state index in [-0.39, 0.29) is 11.7 Å². The van der Waals surface area contributed by atoms with E-state index in [0.29, 0.717) is 10.4 Å². The highest BCUT2D eigenvalue weighted by molar-refractivity contribution is 6.08. The fourth-order valence-corrected chi connectivity index (χ4v) is 4.31. The van der Waals surface area contributed by atoms with E-state index >= 15 is 0 Å². The normalized spacial score (nSPS) is 13.7. The number of carbonyl (C=O) groups is 1. The van der Waals surface area contributed by atoms with Crippen molar-refractivity contribution in [2.75, 3.05) is 23.3 Å². The van der Waals surface area contributed by atoms with E-state index in [4.69, 9.17) is 0 Å². The van der Waals surface area contributed by atoms with Gasteiger partial charge in [0, 0.05) is 36.8 Å². The summed E-state index contributed by atoms with van der Waals surface area (Å²) in [5.74, 6) is -2.52. The van der Waals surface area contributed by atoms with Gasteiger partial charge in [0.2, 0.25) is 0 Å². The average molecular weight is 479 g/mol. The molecule has 0 aliphatic carbocycles. The molecule has 3 heterocycles. The second kappa shape index (κ2) is 8.94. The van der Waals surface area contributed by atoms with Gasteiger partial charge < -0.3 is 10.2 Å². The van der Waals surface area contributed by atoms with Gasteiger partial charge in [0.1, 0.15) is 11.4 Å². The first-order chi connectivity index (χ1) is 16.8. The van der Waals surface area contributed by atoms with Crippen LogP contribution in [-0.2, 0) is 0 Å². The highest BCUT2D eigenvalue weighted by atomic mass is 19.1. The summed E-state index contributed by atoms with van der Waals surface area (Å²) in [6, 6.07) is 9.33. The van der Waals surface area contributed by atoms with E-state index in [0.717, 1.165) is 60.7 Å². The molecule has 0 spiro atoms. The number of hydrogen-bond donors (Lipinski definition) is 1. The number of amides is 1. The van der Waals surface area contributed by atoms with Crippen LogP contribution in [-0.4, -0.2) is 38.6 Å². The number of rotatable bonds is 5. The average Bonchev–Trinajstić information content (AvgIpc) is 3.50. The van der Waals surface area contributed by atoms with Crippen molar-refractivity contribution in [3.8, 4) is 5.69 Å². The summed E-state index contributed by atoms with van der Waals surface area (Å²) in [6.45, 7) is 5.79. The van der Waals surface area contributed by atoms with Crippen molar-refractivity contribution in [2.45, 2.75) is 32.7 Å². The van der Waals surface area contributed by atoms with Gasteiger partial charge in [-0.15, -0.1) is 0 Å². The van der Waals surface area contributed by atoms with Crippen LogP contribution in [0.1, 0.15) is 43.2 Å². The monoisotopic (exact) mass is 478 g/mol. The molecule has 10 heteroatoms. The molecule has 1 amide bonds. The zero-order valence-corrected chi connectivity index (χ0v) is 19.3. The van der Waals surface area contributed by atoms with Crippen LogP contribution in [0, 0.1) is 11.6 Å². The van der Waals surface area contributed by atoms with E-state index in [2.05, 4.69) is 20.4 Å². The van der Waals surface area contributed by atoms with Gasteiger partial charge >= 0.3 is 0 Å². The molecular weight excluding hydrogens is 454 g/mol. The summed E-state index contributed by atoms with van der Waals surface area (Å²) in [5.41, 5.74) is 0.717. The molecule has 0 unspecified atom stereocenters. The molecule has 5 rings (SSSR count). The molecule has 1 N–H and O–H groups in total. The number of nitrogens with one attached hydrogen (secondary N) is 1. The Hall–Kier alpha value is -4.08. The van der Waals surface area contributed by atoms with Crippen molar-refractivity contribution >= 4 is 28.2 Å². The van der Waals surface area contributed by atoms with Gasteiger partial charge in [0.15, 0.2) is 11.6 Å². The summed E-state index contributed by atoms with van der Waals surface area (Å²) < 4.78 is 31.0. The number of benzene rings is 2. The molecule has 1 saturated heterocycles. The van der Waals surface area contributed by atoms with Crippen molar-refractivity contribution in [1.29, 1.82) is 0 Å². The lowest BCUT2D eigenvalue weighted by molar-refractivity contribution is 0.102. The SMILES string of the molecule is CC(C)n1cc2c(N3CCCC3)c(NC(=O)c3ccc(=O)n(-c4c(F)cccc4F)n3)ccc2n1. The minimum atomic E-state index is -0.957. The number of hydrogen-bond acceptors (Lipinski definition) is 5. The molecule has 8 nitrogen and oxygen atoms in total. The largest absolute Gasteiger partial charge is 0.369 e. The van der Waals surface area contributed by atoms with Crippen LogP contribution in [0.15, 0.2) is 53.5 Å². The van der Waals surface area contributed by atoms with Gasteiger partial charge in [0.05, 0.1) is 16.9 Å². The van der Waals surface area contributed by atoms with Crippen LogP contribution < -0.4 is 15.8 Å². The Morgan fingerprint density at radius 3 is 2.37 bits per heavy atom. The first-order valence-electron chi connectivity index (χ1n) is 11.5. The Kier molecular flexibility index (Phi) is 5.80. The third kappa shape index (κ3) is 4.16. The Morgan fingerprint density at radius 2 is 1.69 bits per heavy atom. The molecule has 0 atom stereocenters. The highest BCUT2D eigenvalue weighted by Gasteiger charge is 2.23. The quantitative estimate of drug-likeness (QED) is 0.463. The molecule has 1 aliphatic heterocycles. The van der Waals surface area contributed by atoms with Gasteiger partial charge in [-0.25, -0.2) is 8.78 Å². The van der Waals surface area contributed by atoms with Crippen LogP contribution in [0.4, 0.5) is 20.2 Å². The lowest BCUT2D eigenvalue weighted by atomic mass is 10.1. The van der Waals surface area contributed by atoms with Gasteiger partial charge in [-0.1, -0.05) is 6.07 Å². The fourth-order valence-electron chi connectivity index (χ4n) is 4.31. The van der Waals surface area contributed by atoms with E-state index in [1.165, 1.54) is 12.1 Å². The lowest BCUT2D eigenvalue weighted by Crippen LogP contribution is -2.27. The topological polar surface area (TPSA) is 85.0 Å². The van der Waals surface area contributed by atoms with Crippen molar-refractivity contribution in [3.63, 3.8) is 0 Å². The first-order valence-corrected chi connectivity index (χ1v) is 11.5. The Morgan fingerprint density at radius 1 is 0.971 bits per heavy atom. The van der Waals surface area contributed by atoms with Crippen molar-refractivity contribution in [3.05, 3.63) is 76.3 Å². The van der Waals surface area contributed by atoms with E-state index in [1.54, 1.807) is 6.07 Å². The first kappa shape index (κ1) is 22.7. The molecule has 0 bridgehead atoms. The Labute approximate surface area is 199 Å². The predicted octanol–water partition coefficient (Wildman–Crippen LogP) is 4.29. The molecule has 35 heavy (non-hydrogen) atoms. The van der Waals surface area contributed by atoms with Crippen LogP contribution in [0.25, 0.3) is 16.6 Å². The molecule has 2 aromatic heterocycles. The van der Waals surface area contributed by atoms with Crippen molar-refractivity contribution in [1.82, 2.24) is 19.6 Å². The summed E-state index contributed by atoms with van der Waals surface area (Å²) in [6.07, 6.45) is 4.06. The number of carbonyl (C=O) groups excluding carboxylic acids is 1. The van der Waals surface area contributed by atoms with Gasteiger partial charge in [-0.05, 0) is 57.0 Å². The molecule has 1 aliphatic rings. The summed E-state index contributed by atoms with van der Waals surface area (Å²) in [4.78, 5) is 27.7. The summed E-state index contributed by atoms with van der Waals surface area (Å²) in [7, 11) is 0. The maximum absolute atomic E-state index is 14.3. The maximum atomic E-state index is 14.3. The third-order valence-electron chi connectivity index (χ3n) is 6.06. The number of para-hydroxylation sites is 1. The van der Waals surface area contributed by atoms with Gasteiger partial charge in [-0.3, -0.25) is 14.3 Å². The zero-order chi connectivity index (χ0) is 24.7. The predicted molar refractivity (Wildman–Crippen MR) is 129 cm³/mol.